The van der Waals surface area contributed by atoms with Gasteiger partial charge in [0.2, 0.25) is 0 Å². The van der Waals surface area contributed by atoms with Gasteiger partial charge < -0.3 is 5.11 Å². The first-order valence-corrected chi connectivity index (χ1v) is 8.83. The van der Waals surface area contributed by atoms with E-state index in [2.05, 4.69) is 0 Å². The molecule has 0 fully saturated rings. The van der Waals surface area contributed by atoms with Crippen LogP contribution in [-0.4, -0.2) is 17.2 Å². The number of hydrogen-bond donors (Lipinski definition) is 1. The summed E-state index contributed by atoms with van der Waals surface area (Å²) in [5.41, 5.74) is -1.06. The van der Waals surface area contributed by atoms with Gasteiger partial charge in [-0.1, -0.05) is 85.9 Å². The van der Waals surface area contributed by atoms with E-state index in [1.54, 1.807) is 13.8 Å². The van der Waals surface area contributed by atoms with Crippen molar-refractivity contribution in [2.45, 2.75) is 105 Å². The van der Waals surface area contributed by atoms with Gasteiger partial charge in [-0.15, -0.1) is 0 Å². The average molecular weight is 347 g/mol. The normalized spacial score (nSPS) is 14.5. The first-order valence-electron chi connectivity index (χ1n) is 11.0. The van der Waals surface area contributed by atoms with E-state index in [9.17, 15) is 4.79 Å². The number of carbonyl (C=O) groups is 1. The molecule has 0 saturated carbocycles. The highest BCUT2D eigenvalue weighted by molar-refractivity contribution is 5.67. The minimum atomic E-state index is -2.18. The summed E-state index contributed by atoms with van der Waals surface area (Å²) in [6, 6.07) is 0. The molecule has 24 heavy (non-hydrogen) atoms. The van der Waals surface area contributed by atoms with Gasteiger partial charge in [0.1, 0.15) is 0 Å². The van der Waals surface area contributed by atoms with Crippen molar-refractivity contribution >= 4 is 12.1 Å². The summed E-state index contributed by atoms with van der Waals surface area (Å²) in [4.78, 5) is 27.3. The molecule has 0 aliphatic carbocycles. The lowest BCUT2D eigenvalue weighted by molar-refractivity contribution is -0.191. The Labute approximate surface area is 154 Å². The fraction of sp³-hybridized carbons (Fsp3) is 0.900. The third-order valence-electron chi connectivity index (χ3n) is 3.82. The van der Waals surface area contributed by atoms with Crippen molar-refractivity contribution in [3.63, 3.8) is 0 Å². The molecule has 0 aliphatic rings. The molecule has 4 nitrogen and oxygen atoms in total. The number of carboxylic acid groups (broad SMARTS) is 1. The van der Waals surface area contributed by atoms with Crippen molar-refractivity contribution in [2.75, 3.05) is 0 Å². The van der Waals surface area contributed by atoms with Crippen molar-refractivity contribution in [1.29, 1.82) is 0 Å². The summed E-state index contributed by atoms with van der Waals surface area (Å²) in [6.07, 6.45) is 8.35. The minimum Gasteiger partial charge on any atom is -0.481 e. The Hall–Kier alpha value is -1.15. The summed E-state index contributed by atoms with van der Waals surface area (Å²) >= 11 is 0. The largest absolute Gasteiger partial charge is 0.481 e. The fourth-order valence-electron chi connectivity index (χ4n) is 2.56. The number of carboxylic acids is 1. The van der Waals surface area contributed by atoms with Gasteiger partial charge in [0, 0.05) is 5.48 Å². The maximum Gasteiger partial charge on any atom is 0.373 e. The van der Waals surface area contributed by atoms with Gasteiger partial charge in [-0.05, 0) is 23.7 Å². The first kappa shape index (κ1) is 17.7. The van der Waals surface area contributed by atoms with Crippen LogP contribution in [-0.2, 0) is 14.4 Å². The molecule has 0 aromatic carbocycles. The monoisotopic (exact) mass is 346 g/mol. The lowest BCUT2D eigenvalue weighted by atomic mass is 9.83. The van der Waals surface area contributed by atoms with Crippen LogP contribution in [0.3, 0.4) is 0 Å². The molecule has 0 bridgehead atoms. The van der Waals surface area contributed by atoms with E-state index in [0.29, 0.717) is 6.42 Å². The zero-order valence-corrected chi connectivity index (χ0v) is 15.8. The van der Waals surface area contributed by atoms with E-state index in [1.165, 1.54) is 12.8 Å². The zero-order valence-electron chi connectivity index (χ0n) is 19.8. The molecule has 0 rings (SSSR count). The topological polar surface area (TPSA) is 71.4 Å². The second-order valence-corrected chi connectivity index (χ2v) is 7.71. The van der Waals surface area contributed by atoms with Gasteiger partial charge in [-0.2, -0.15) is 9.59 Å². The van der Waals surface area contributed by atoms with Gasteiger partial charge in [0.25, 0.3) is 0 Å². The Bertz CT molecular complexity index is 471. The highest BCUT2D eigenvalue weighted by Gasteiger charge is 2.20. The average Bonchev–Trinajstić information content (AvgIpc) is 2.56. The van der Waals surface area contributed by atoms with Gasteiger partial charge in [0.05, 0.1) is 6.37 Å². The molecule has 1 N–H and O–H groups in total. The molecule has 0 spiro atoms. The van der Waals surface area contributed by atoms with Crippen LogP contribution in [0.25, 0.3) is 0 Å². The highest BCUT2D eigenvalue weighted by atomic mass is 16.4. The maximum absolute atomic E-state index is 11.0. The van der Waals surface area contributed by atoms with Gasteiger partial charge in [-0.25, -0.2) is 0 Å². The number of unbranched alkanes of at least 4 members (excludes halogenated alkanes) is 7. The van der Waals surface area contributed by atoms with E-state index in [1.807, 2.05) is 13.8 Å². The molecule has 0 atom stereocenters. The Morgan fingerprint density at radius 1 is 0.917 bits per heavy atom. The van der Waals surface area contributed by atoms with E-state index < -0.39 is 24.6 Å². The van der Waals surface area contributed by atoms with Crippen LogP contribution in [0.4, 0.5) is 0 Å². The zero-order chi connectivity index (χ0) is 22.4. The maximum atomic E-state index is 11.0. The molecule has 0 heterocycles. The van der Waals surface area contributed by atoms with E-state index in [4.69, 9.17) is 20.2 Å². The molecule has 0 aromatic heterocycles. The van der Waals surface area contributed by atoms with Crippen molar-refractivity contribution in [1.82, 2.24) is 0 Å². The second-order valence-electron chi connectivity index (χ2n) is 7.71. The molecule has 0 aromatic rings. The Morgan fingerprint density at radius 2 is 1.29 bits per heavy atom. The Kier molecular flexibility index (Phi) is 10.5. The molecule has 0 unspecified atom stereocenters. The number of hydrogen-bond acceptors (Lipinski definition) is 3. The summed E-state index contributed by atoms with van der Waals surface area (Å²) in [5, 5.41) is 9.01. The van der Waals surface area contributed by atoms with Crippen LogP contribution in [0.15, 0.2) is 0 Å². The lowest BCUT2D eigenvalue weighted by Crippen LogP contribution is -2.16. The predicted octanol–water partition coefficient (Wildman–Crippen LogP) is 5.85. The first-order chi connectivity index (χ1) is 12.8. The number of carbonyl (C=O) groups excluding carboxylic acids is 2. The van der Waals surface area contributed by atoms with Crippen LogP contribution < -0.4 is 0 Å². The van der Waals surface area contributed by atoms with E-state index in [0.717, 1.165) is 44.9 Å². The van der Waals surface area contributed by atoms with Crippen molar-refractivity contribution in [3.05, 3.63) is 0 Å². The summed E-state index contributed by atoms with van der Waals surface area (Å²) in [7, 11) is 0. The van der Waals surface area contributed by atoms with Crippen LogP contribution >= 0.6 is 0 Å². The van der Waals surface area contributed by atoms with Crippen molar-refractivity contribution < 1.29 is 25.0 Å². The van der Waals surface area contributed by atoms with Gasteiger partial charge >= 0.3 is 12.1 Å². The number of aliphatic carboxylic acids is 1. The summed E-state index contributed by atoms with van der Waals surface area (Å²) in [5.74, 6) is -1.37. The summed E-state index contributed by atoms with van der Waals surface area (Å²) < 4.78 is 30.4. The molecule has 4 heteroatoms. The highest BCUT2D eigenvalue weighted by Crippen LogP contribution is 2.28. The third-order valence-corrected chi connectivity index (χ3v) is 3.82. The predicted molar refractivity (Wildman–Crippen MR) is 96.7 cm³/mol. The second kappa shape index (κ2) is 14.2. The van der Waals surface area contributed by atoms with E-state index in [-0.39, 0.29) is 11.6 Å². The van der Waals surface area contributed by atoms with Crippen LogP contribution in [0.2, 0.25) is 0 Å². The van der Waals surface area contributed by atoms with E-state index >= 15 is 0 Å². The molecule has 0 amide bonds. The Balaban J connectivity index is 0. The smallest absolute Gasteiger partial charge is 0.373 e. The standard InChI is InChI=1S/C19H38O2.CO2/c1-18(2,3)14-12-10-8-6-7-9-11-13-15-19(4,5)16-17(20)21;2-1-3/h6-16H2,1-5H3,(H,20,21);/i1D2,16D2;. The van der Waals surface area contributed by atoms with Crippen LogP contribution in [0, 0.1) is 10.8 Å². The van der Waals surface area contributed by atoms with Gasteiger partial charge in [0.15, 0.2) is 0 Å². The lowest BCUT2D eigenvalue weighted by Gasteiger charge is -2.22. The van der Waals surface area contributed by atoms with Crippen LogP contribution in [0.1, 0.15) is 111 Å². The summed E-state index contributed by atoms with van der Waals surface area (Å²) in [6.45, 7) is 6.61. The van der Waals surface area contributed by atoms with Crippen molar-refractivity contribution in [2.24, 2.45) is 10.8 Å². The van der Waals surface area contributed by atoms with Crippen LogP contribution in [0.5, 0.6) is 0 Å². The third kappa shape index (κ3) is 23.1. The van der Waals surface area contributed by atoms with Crippen molar-refractivity contribution in [3.8, 4) is 0 Å². The molecule has 0 radical (unpaired) electrons. The Morgan fingerprint density at radius 3 is 1.67 bits per heavy atom. The molecular weight excluding hydrogens is 304 g/mol. The molecular formula is C20H38O4. The molecule has 0 aliphatic heterocycles. The molecule has 0 saturated heterocycles. The fourth-order valence-corrected chi connectivity index (χ4v) is 2.56. The minimum absolute atomic E-state index is 0.215. The number of rotatable bonds is 12. The van der Waals surface area contributed by atoms with Gasteiger partial charge in [-0.3, -0.25) is 4.79 Å². The molecule has 142 valence electrons. The quantitative estimate of drug-likeness (QED) is 0.450. The SMILES string of the molecule is O=C=O.[2H]C([2H])C(C)(C)CCCCCCCCCCC(C)(C)C([2H])([2H])C(=O)O.